The van der Waals surface area contributed by atoms with E-state index in [4.69, 9.17) is 21.4 Å². The molecule has 0 fully saturated rings. The predicted molar refractivity (Wildman–Crippen MR) is 129 cm³/mol. The van der Waals surface area contributed by atoms with Crippen LogP contribution in [0.3, 0.4) is 0 Å². The minimum atomic E-state index is -0.297. The largest absolute Gasteiger partial charge is 0.464 e. The first-order valence-electron chi connectivity index (χ1n) is 10.2. The molecule has 0 aliphatic carbocycles. The number of hydrogen-bond acceptors (Lipinski definition) is 3. The van der Waals surface area contributed by atoms with Gasteiger partial charge in [-0.2, -0.15) is 5.10 Å². The van der Waals surface area contributed by atoms with Gasteiger partial charge in [0.2, 0.25) is 6.23 Å². The van der Waals surface area contributed by atoms with Gasteiger partial charge in [0, 0.05) is 27.0 Å². The van der Waals surface area contributed by atoms with Gasteiger partial charge in [0.05, 0.1) is 11.8 Å². The van der Waals surface area contributed by atoms with Crippen LogP contribution >= 0.6 is 27.5 Å². The molecule has 5 heteroatoms. The first kappa shape index (κ1) is 18.9. The van der Waals surface area contributed by atoms with Crippen LogP contribution in [-0.2, 0) is 0 Å². The van der Waals surface area contributed by atoms with Crippen LogP contribution < -0.4 is 4.74 Å². The standard InChI is InChI=1S/C26H18BrClN2O/c27-20-7-3-6-19(13-20)26-30-24(22-14-21(28)10-11-25(22)31-26)15-23(29-30)18-9-8-16-4-1-2-5-17(16)12-18/h1-14,24,26H,15H2/t24-,26+/m1/s1. The third-order valence-electron chi connectivity index (χ3n) is 5.97. The second kappa shape index (κ2) is 7.40. The Labute approximate surface area is 194 Å². The molecular formula is C26H18BrClN2O. The third kappa shape index (κ3) is 3.31. The number of benzene rings is 4. The molecule has 4 aromatic carbocycles. The van der Waals surface area contributed by atoms with Crippen molar-refractivity contribution in [2.75, 3.05) is 0 Å². The molecule has 2 aliphatic rings. The molecule has 0 spiro atoms. The SMILES string of the molecule is Clc1ccc2c(c1)[C@H]1CC(c3ccc4ccccc4c3)=NN1[C@H](c1cccc(Br)c1)O2. The number of hydrazone groups is 1. The predicted octanol–water partition coefficient (Wildman–Crippen LogP) is 7.50. The van der Waals surface area contributed by atoms with Crippen molar-refractivity contribution in [1.29, 1.82) is 0 Å². The number of rotatable bonds is 2. The second-order valence-electron chi connectivity index (χ2n) is 7.92. The number of hydrogen-bond donors (Lipinski definition) is 0. The van der Waals surface area contributed by atoms with Crippen LogP contribution in [0.4, 0.5) is 0 Å². The molecule has 0 saturated carbocycles. The van der Waals surface area contributed by atoms with E-state index in [0.29, 0.717) is 5.02 Å². The van der Waals surface area contributed by atoms with Gasteiger partial charge >= 0.3 is 0 Å². The van der Waals surface area contributed by atoms with Crippen LogP contribution in [0, 0.1) is 0 Å². The fraction of sp³-hybridized carbons (Fsp3) is 0.115. The summed E-state index contributed by atoms with van der Waals surface area (Å²) in [5, 5.41) is 10.3. The number of nitrogens with zero attached hydrogens (tertiary/aromatic N) is 2. The minimum Gasteiger partial charge on any atom is -0.464 e. The fourth-order valence-electron chi connectivity index (χ4n) is 4.48. The van der Waals surface area contributed by atoms with E-state index in [0.717, 1.165) is 39.0 Å². The van der Waals surface area contributed by atoms with E-state index in [-0.39, 0.29) is 12.3 Å². The molecule has 4 aromatic rings. The summed E-state index contributed by atoms with van der Waals surface area (Å²) in [5.74, 6) is 0.866. The Kier molecular flexibility index (Phi) is 4.51. The first-order valence-corrected chi connectivity index (χ1v) is 11.4. The van der Waals surface area contributed by atoms with E-state index in [1.54, 1.807) is 0 Å². The van der Waals surface area contributed by atoms with Gasteiger partial charge in [0.25, 0.3) is 0 Å². The van der Waals surface area contributed by atoms with Gasteiger partial charge in [-0.15, -0.1) is 0 Å². The van der Waals surface area contributed by atoms with E-state index < -0.39 is 0 Å². The molecule has 152 valence electrons. The Bertz CT molecular complexity index is 1350. The van der Waals surface area contributed by atoms with E-state index >= 15 is 0 Å². The summed E-state index contributed by atoms with van der Waals surface area (Å²) in [4.78, 5) is 0. The topological polar surface area (TPSA) is 24.8 Å². The molecule has 0 N–H and O–H groups in total. The van der Waals surface area contributed by atoms with Crippen LogP contribution in [0.15, 0.2) is 94.5 Å². The lowest BCUT2D eigenvalue weighted by Gasteiger charge is -2.38. The van der Waals surface area contributed by atoms with Crippen LogP contribution in [0.5, 0.6) is 5.75 Å². The summed E-state index contributed by atoms with van der Waals surface area (Å²) in [6.45, 7) is 0. The molecule has 0 saturated heterocycles. The Morgan fingerprint density at radius 2 is 1.77 bits per heavy atom. The van der Waals surface area contributed by atoms with Gasteiger partial charge < -0.3 is 4.74 Å². The van der Waals surface area contributed by atoms with Crippen LogP contribution in [0.2, 0.25) is 5.02 Å². The molecule has 0 radical (unpaired) electrons. The Morgan fingerprint density at radius 1 is 0.903 bits per heavy atom. The summed E-state index contributed by atoms with van der Waals surface area (Å²) in [5.41, 5.74) is 4.35. The summed E-state index contributed by atoms with van der Waals surface area (Å²) < 4.78 is 7.45. The van der Waals surface area contributed by atoms with E-state index in [9.17, 15) is 0 Å². The molecule has 0 unspecified atom stereocenters. The minimum absolute atomic E-state index is 0.0768. The lowest BCUT2D eigenvalue weighted by atomic mass is 9.95. The lowest BCUT2D eigenvalue weighted by Crippen LogP contribution is -2.33. The van der Waals surface area contributed by atoms with Crippen molar-refractivity contribution in [1.82, 2.24) is 5.01 Å². The van der Waals surface area contributed by atoms with Gasteiger partial charge in [-0.3, -0.25) is 0 Å². The molecule has 2 aliphatic heterocycles. The summed E-state index contributed by atoms with van der Waals surface area (Å²) in [6, 6.07) is 29.1. The maximum absolute atomic E-state index is 6.44. The van der Waals surface area contributed by atoms with Gasteiger partial charge in [-0.25, -0.2) is 5.01 Å². The van der Waals surface area contributed by atoms with E-state index in [1.165, 1.54) is 10.8 Å². The zero-order chi connectivity index (χ0) is 20.9. The maximum atomic E-state index is 6.44. The van der Waals surface area contributed by atoms with Crippen LogP contribution in [-0.4, -0.2) is 10.7 Å². The van der Waals surface area contributed by atoms with Gasteiger partial charge in [0.1, 0.15) is 5.75 Å². The highest BCUT2D eigenvalue weighted by molar-refractivity contribution is 9.10. The molecule has 3 nitrogen and oxygen atoms in total. The van der Waals surface area contributed by atoms with Crippen LogP contribution in [0.1, 0.15) is 35.4 Å². The van der Waals surface area contributed by atoms with Crippen molar-refractivity contribution in [3.8, 4) is 5.75 Å². The summed E-state index contributed by atoms with van der Waals surface area (Å²) in [7, 11) is 0. The number of halogens is 2. The van der Waals surface area contributed by atoms with Crippen molar-refractivity contribution in [2.24, 2.45) is 5.10 Å². The number of ether oxygens (including phenoxy) is 1. The average molecular weight is 490 g/mol. The van der Waals surface area contributed by atoms with Gasteiger partial charge in [0.15, 0.2) is 0 Å². The fourth-order valence-corrected chi connectivity index (χ4v) is 5.08. The van der Waals surface area contributed by atoms with Crippen molar-refractivity contribution in [2.45, 2.75) is 18.7 Å². The molecule has 0 aromatic heterocycles. The van der Waals surface area contributed by atoms with E-state index in [1.807, 2.05) is 30.3 Å². The smallest absolute Gasteiger partial charge is 0.213 e. The average Bonchev–Trinajstić information content (AvgIpc) is 3.24. The third-order valence-corrected chi connectivity index (χ3v) is 6.70. The van der Waals surface area contributed by atoms with Crippen molar-refractivity contribution < 1.29 is 4.74 Å². The van der Waals surface area contributed by atoms with Crippen molar-refractivity contribution >= 4 is 44.0 Å². The summed E-state index contributed by atoms with van der Waals surface area (Å²) >= 11 is 9.93. The molecule has 6 rings (SSSR count). The van der Waals surface area contributed by atoms with Gasteiger partial charge in [-0.1, -0.05) is 76.1 Å². The molecular weight excluding hydrogens is 472 g/mol. The van der Waals surface area contributed by atoms with Crippen molar-refractivity contribution in [3.05, 3.63) is 111 Å². The highest BCUT2D eigenvalue weighted by atomic mass is 79.9. The first-order chi connectivity index (χ1) is 15.2. The highest BCUT2D eigenvalue weighted by Crippen LogP contribution is 2.48. The molecule has 31 heavy (non-hydrogen) atoms. The Balaban J connectivity index is 1.46. The van der Waals surface area contributed by atoms with Gasteiger partial charge in [-0.05, 0) is 52.7 Å². The zero-order valence-corrected chi connectivity index (χ0v) is 18.8. The quantitative estimate of drug-likeness (QED) is 0.291. The highest BCUT2D eigenvalue weighted by Gasteiger charge is 2.41. The van der Waals surface area contributed by atoms with Crippen molar-refractivity contribution in [3.63, 3.8) is 0 Å². The monoisotopic (exact) mass is 488 g/mol. The molecule has 2 heterocycles. The zero-order valence-electron chi connectivity index (χ0n) is 16.5. The normalized spacial score (nSPS) is 19.5. The molecule has 2 atom stereocenters. The summed E-state index contributed by atoms with van der Waals surface area (Å²) in [6.07, 6.45) is 0.508. The number of fused-ring (bicyclic) bond motifs is 4. The lowest BCUT2D eigenvalue weighted by molar-refractivity contribution is -0.0190. The Hall–Kier alpha value is -2.82. The molecule has 0 bridgehead atoms. The van der Waals surface area contributed by atoms with Crippen LogP contribution in [0.25, 0.3) is 10.8 Å². The van der Waals surface area contributed by atoms with E-state index in [2.05, 4.69) is 75.5 Å². The second-order valence-corrected chi connectivity index (χ2v) is 9.27. The maximum Gasteiger partial charge on any atom is 0.213 e. The molecule has 0 amide bonds. The Morgan fingerprint density at radius 3 is 2.65 bits per heavy atom.